The number of hydrogen-bond acceptors (Lipinski definition) is 3. The molecule has 2 saturated heterocycles. The predicted octanol–water partition coefficient (Wildman–Crippen LogP) is 2.43. The molecule has 3 heteroatoms. The second kappa shape index (κ2) is 4.75. The molecule has 17 heavy (non-hydrogen) atoms. The molecule has 3 unspecified atom stereocenters. The fourth-order valence-corrected chi connectivity index (χ4v) is 5.03. The van der Waals surface area contributed by atoms with Crippen LogP contribution in [0.4, 0.5) is 0 Å². The van der Waals surface area contributed by atoms with E-state index in [1.54, 1.807) is 0 Å². The molecule has 0 spiro atoms. The lowest BCUT2D eigenvalue weighted by Gasteiger charge is -2.49. The van der Waals surface area contributed by atoms with Gasteiger partial charge >= 0.3 is 0 Å². The summed E-state index contributed by atoms with van der Waals surface area (Å²) in [5, 5.41) is 0. The number of hydrogen-bond donors (Lipinski definition) is 1. The molecule has 0 saturated carbocycles. The van der Waals surface area contributed by atoms with Crippen LogP contribution in [-0.4, -0.2) is 41.6 Å². The summed E-state index contributed by atoms with van der Waals surface area (Å²) in [5.74, 6) is 4.17. The molecule has 2 aliphatic heterocycles. The van der Waals surface area contributed by atoms with Gasteiger partial charge in [-0.25, -0.2) is 0 Å². The van der Waals surface area contributed by atoms with E-state index in [2.05, 4.69) is 44.4 Å². The van der Waals surface area contributed by atoms with Crippen LogP contribution in [0.5, 0.6) is 0 Å². The van der Waals surface area contributed by atoms with Gasteiger partial charge in [-0.1, -0.05) is 27.7 Å². The van der Waals surface area contributed by atoms with Crippen LogP contribution in [0.25, 0.3) is 0 Å². The van der Waals surface area contributed by atoms with Crippen molar-refractivity contribution in [2.24, 2.45) is 23.0 Å². The van der Waals surface area contributed by atoms with E-state index < -0.39 is 0 Å². The highest BCUT2D eigenvalue weighted by atomic mass is 32.2. The second-order valence-corrected chi connectivity index (χ2v) is 8.11. The van der Waals surface area contributed by atoms with Crippen LogP contribution in [-0.2, 0) is 0 Å². The molecule has 2 fully saturated rings. The van der Waals surface area contributed by atoms with Crippen molar-refractivity contribution < 1.29 is 0 Å². The molecule has 2 aliphatic rings. The van der Waals surface area contributed by atoms with Crippen molar-refractivity contribution in [1.82, 2.24) is 4.90 Å². The quantitative estimate of drug-likeness (QED) is 0.823. The molecule has 2 N–H and O–H groups in total. The van der Waals surface area contributed by atoms with Crippen LogP contribution in [0.3, 0.4) is 0 Å². The van der Waals surface area contributed by atoms with Gasteiger partial charge < -0.3 is 5.73 Å². The summed E-state index contributed by atoms with van der Waals surface area (Å²) in [5.41, 5.74) is 6.89. The standard InChI is InChI=1S/C14H28N2S/c1-11-5-16(6-12(11)2)14(8-15)7-13(3,4)9-17-10-14/h11-12H,5-10,15H2,1-4H3. The van der Waals surface area contributed by atoms with Gasteiger partial charge in [0.2, 0.25) is 0 Å². The van der Waals surface area contributed by atoms with Crippen LogP contribution in [0, 0.1) is 17.3 Å². The predicted molar refractivity (Wildman–Crippen MR) is 77.4 cm³/mol. The molecule has 2 rings (SSSR count). The largest absolute Gasteiger partial charge is 0.329 e. The summed E-state index contributed by atoms with van der Waals surface area (Å²) in [4.78, 5) is 2.70. The number of likely N-dealkylation sites (tertiary alicyclic amines) is 1. The average Bonchev–Trinajstić information content (AvgIpc) is 2.58. The van der Waals surface area contributed by atoms with Gasteiger partial charge in [-0.15, -0.1) is 0 Å². The third kappa shape index (κ3) is 2.66. The molecule has 100 valence electrons. The van der Waals surface area contributed by atoms with E-state index in [0.29, 0.717) is 5.41 Å². The van der Waals surface area contributed by atoms with Crippen molar-refractivity contribution >= 4 is 11.8 Å². The van der Waals surface area contributed by atoms with Crippen molar-refractivity contribution in [3.8, 4) is 0 Å². The minimum atomic E-state index is 0.269. The molecular weight excluding hydrogens is 228 g/mol. The Morgan fingerprint density at radius 2 is 1.76 bits per heavy atom. The average molecular weight is 256 g/mol. The summed E-state index contributed by atoms with van der Waals surface area (Å²) >= 11 is 2.10. The highest BCUT2D eigenvalue weighted by Crippen LogP contribution is 2.44. The number of thioether (sulfide) groups is 1. The van der Waals surface area contributed by atoms with Crippen LogP contribution in [0.2, 0.25) is 0 Å². The van der Waals surface area contributed by atoms with E-state index in [0.717, 1.165) is 18.4 Å². The van der Waals surface area contributed by atoms with Crippen LogP contribution >= 0.6 is 11.8 Å². The molecule has 3 atom stereocenters. The molecule has 0 bridgehead atoms. The van der Waals surface area contributed by atoms with Gasteiger partial charge in [-0.05, 0) is 29.4 Å². The zero-order chi connectivity index (χ0) is 12.7. The molecule has 0 amide bonds. The first-order valence-electron chi connectivity index (χ1n) is 6.91. The molecule has 0 aromatic rings. The Kier molecular flexibility index (Phi) is 3.82. The fraction of sp³-hybridized carbons (Fsp3) is 1.00. The van der Waals surface area contributed by atoms with E-state index >= 15 is 0 Å². The Balaban J connectivity index is 2.14. The first-order chi connectivity index (χ1) is 7.88. The number of rotatable bonds is 2. The summed E-state index contributed by atoms with van der Waals surface area (Å²) in [6.07, 6.45) is 1.27. The summed E-state index contributed by atoms with van der Waals surface area (Å²) in [6.45, 7) is 12.9. The van der Waals surface area contributed by atoms with Crippen molar-refractivity contribution in [2.45, 2.75) is 39.7 Å². The molecule has 2 heterocycles. The highest BCUT2D eigenvalue weighted by molar-refractivity contribution is 7.99. The van der Waals surface area contributed by atoms with Gasteiger partial charge in [0, 0.05) is 30.9 Å². The fourth-order valence-electron chi connectivity index (χ4n) is 3.49. The molecule has 0 aromatic heterocycles. The lowest BCUT2D eigenvalue weighted by atomic mass is 9.79. The molecule has 2 nitrogen and oxygen atoms in total. The monoisotopic (exact) mass is 256 g/mol. The van der Waals surface area contributed by atoms with E-state index in [-0.39, 0.29) is 5.54 Å². The minimum Gasteiger partial charge on any atom is -0.329 e. The maximum atomic E-state index is 6.18. The number of nitrogens with two attached hydrogens (primary N) is 1. The maximum Gasteiger partial charge on any atom is 0.0427 e. The first kappa shape index (κ1) is 13.7. The molecule has 0 radical (unpaired) electrons. The van der Waals surface area contributed by atoms with E-state index in [9.17, 15) is 0 Å². The Morgan fingerprint density at radius 1 is 1.18 bits per heavy atom. The second-order valence-electron chi connectivity index (χ2n) is 7.12. The van der Waals surface area contributed by atoms with Gasteiger partial charge in [0.15, 0.2) is 0 Å². The molecule has 0 aromatic carbocycles. The van der Waals surface area contributed by atoms with Gasteiger partial charge in [0.1, 0.15) is 0 Å². The van der Waals surface area contributed by atoms with Gasteiger partial charge in [-0.3, -0.25) is 4.90 Å². The van der Waals surface area contributed by atoms with Crippen LogP contribution in [0.15, 0.2) is 0 Å². The zero-order valence-electron chi connectivity index (χ0n) is 11.8. The Bertz CT molecular complexity index is 269. The van der Waals surface area contributed by atoms with Crippen LogP contribution in [0.1, 0.15) is 34.1 Å². The molecule has 0 aliphatic carbocycles. The lowest BCUT2D eigenvalue weighted by Crippen LogP contribution is -2.59. The van der Waals surface area contributed by atoms with Crippen molar-refractivity contribution in [3.05, 3.63) is 0 Å². The number of nitrogens with zero attached hydrogens (tertiary/aromatic N) is 1. The highest BCUT2D eigenvalue weighted by Gasteiger charge is 2.46. The SMILES string of the molecule is CC1CN(C2(CN)CSCC(C)(C)C2)CC1C. The Labute approximate surface area is 111 Å². The van der Waals surface area contributed by atoms with Gasteiger partial charge in [0.05, 0.1) is 0 Å². The lowest BCUT2D eigenvalue weighted by molar-refractivity contribution is 0.0867. The smallest absolute Gasteiger partial charge is 0.0427 e. The summed E-state index contributed by atoms with van der Waals surface area (Å²) in [6, 6.07) is 0. The summed E-state index contributed by atoms with van der Waals surface area (Å²) in [7, 11) is 0. The molecular formula is C14H28N2S. The Hall–Kier alpha value is 0.270. The third-order valence-corrected chi connectivity index (χ3v) is 6.44. The third-order valence-electron chi connectivity index (χ3n) is 4.71. The Morgan fingerprint density at radius 3 is 2.24 bits per heavy atom. The maximum absolute atomic E-state index is 6.18. The zero-order valence-corrected chi connectivity index (χ0v) is 12.6. The van der Waals surface area contributed by atoms with Gasteiger partial charge in [0.25, 0.3) is 0 Å². The topological polar surface area (TPSA) is 29.3 Å². The van der Waals surface area contributed by atoms with E-state index in [1.165, 1.54) is 31.0 Å². The van der Waals surface area contributed by atoms with Crippen molar-refractivity contribution in [2.75, 3.05) is 31.1 Å². The summed E-state index contributed by atoms with van der Waals surface area (Å²) < 4.78 is 0. The van der Waals surface area contributed by atoms with E-state index in [4.69, 9.17) is 5.73 Å². The first-order valence-corrected chi connectivity index (χ1v) is 8.07. The minimum absolute atomic E-state index is 0.269. The normalized spacial score (nSPS) is 42.9. The van der Waals surface area contributed by atoms with Crippen molar-refractivity contribution in [3.63, 3.8) is 0 Å². The van der Waals surface area contributed by atoms with Crippen molar-refractivity contribution in [1.29, 1.82) is 0 Å². The van der Waals surface area contributed by atoms with E-state index in [1.807, 2.05) is 0 Å². The van der Waals surface area contributed by atoms with Crippen LogP contribution < -0.4 is 5.73 Å². The van der Waals surface area contributed by atoms with Gasteiger partial charge in [-0.2, -0.15) is 11.8 Å².